The van der Waals surface area contributed by atoms with Crippen LogP contribution < -0.4 is 4.90 Å². The lowest BCUT2D eigenvalue weighted by molar-refractivity contribution is 0.928. The van der Waals surface area contributed by atoms with Gasteiger partial charge < -0.3 is 4.90 Å². The van der Waals surface area contributed by atoms with E-state index in [1.807, 2.05) is 18.6 Å². The van der Waals surface area contributed by atoms with Crippen LogP contribution in [-0.4, -0.2) is 37.4 Å². The van der Waals surface area contributed by atoms with E-state index >= 15 is 0 Å². The largest absolute Gasteiger partial charge is 0.354 e. The Morgan fingerprint density at radius 1 is 0.950 bits per heavy atom. The van der Waals surface area contributed by atoms with Crippen molar-refractivity contribution < 1.29 is 0 Å². The zero-order valence-electron chi connectivity index (χ0n) is 11.0. The first-order chi connectivity index (χ1) is 9.93. The molecule has 1 aliphatic heterocycles. The monoisotopic (exact) mass is 266 g/mol. The average molecular weight is 266 g/mol. The third-order valence-corrected chi connectivity index (χ3v) is 3.67. The van der Waals surface area contributed by atoms with E-state index in [9.17, 15) is 0 Å². The van der Waals surface area contributed by atoms with Gasteiger partial charge in [0, 0.05) is 43.4 Å². The summed E-state index contributed by atoms with van der Waals surface area (Å²) in [5, 5.41) is 0. The highest BCUT2D eigenvalue weighted by Crippen LogP contribution is 2.26. The van der Waals surface area contributed by atoms with Gasteiger partial charge in [-0.1, -0.05) is 0 Å². The third kappa shape index (κ3) is 1.72. The van der Waals surface area contributed by atoms with E-state index in [1.165, 1.54) is 19.2 Å². The SMILES string of the molecule is c1ncc(-c2cnc3c(N4CCCC4)nccn23)cn1. The molecule has 1 saturated heterocycles. The van der Waals surface area contributed by atoms with Gasteiger partial charge >= 0.3 is 0 Å². The number of anilines is 1. The molecule has 6 nitrogen and oxygen atoms in total. The number of aromatic nitrogens is 5. The van der Waals surface area contributed by atoms with Crippen LogP contribution >= 0.6 is 0 Å². The first-order valence-electron chi connectivity index (χ1n) is 6.76. The van der Waals surface area contributed by atoms with Crippen molar-refractivity contribution in [2.75, 3.05) is 18.0 Å². The summed E-state index contributed by atoms with van der Waals surface area (Å²) in [6.07, 6.45) is 13.2. The molecule has 20 heavy (non-hydrogen) atoms. The minimum Gasteiger partial charge on any atom is -0.354 e. The van der Waals surface area contributed by atoms with Gasteiger partial charge in [0.2, 0.25) is 0 Å². The summed E-state index contributed by atoms with van der Waals surface area (Å²) < 4.78 is 2.05. The van der Waals surface area contributed by atoms with Crippen molar-refractivity contribution in [3.05, 3.63) is 37.3 Å². The Labute approximate surface area is 116 Å². The van der Waals surface area contributed by atoms with Crippen LogP contribution in [0.25, 0.3) is 16.9 Å². The Morgan fingerprint density at radius 2 is 1.75 bits per heavy atom. The second-order valence-electron chi connectivity index (χ2n) is 4.91. The van der Waals surface area contributed by atoms with Gasteiger partial charge in [-0.15, -0.1) is 0 Å². The number of nitrogens with zero attached hydrogens (tertiary/aromatic N) is 6. The fourth-order valence-electron chi connectivity index (χ4n) is 2.70. The predicted molar refractivity (Wildman–Crippen MR) is 75.5 cm³/mol. The van der Waals surface area contributed by atoms with Crippen molar-refractivity contribution >= 4 is 11.5 Å². The summed E-state index contributed by atoms with van der Waals surface area (Å²) in [6, 6.07) is 0. The Bertz CT molecular complexity index is 730. The fraction of sp³-hybridized carbons (Fsp3) is 0.286. The van der Waals surface area contributed by atoms with Crippen LogP contribution in [0.1, 0.15) is 12.8 Å². The number of hydrogen-bond donors (Lipinski definition) is 0. The van der Waals surface area contributed by atoms with Crippen LogP contribution in [0.2, 0.25) is 0 Å². The van der Waals surface area contributed by atoms with E-state index in [2.05, 4.69) is 29.2 Å². The molecule has 0 unspecified atom stereocenters. The Balaban J connectivity index is 1.88. The summed E-state index contributed by atoms with van der Waals surface area (Å²) in [7, 11) is 0. The molecule has 3 aromatic heterocycles. The predicted octanol–water partition coefficient (Wildman–Crippen LogP) is 1.79. The smallest absolute Gasteiger partial charge is 0.180 e. The van der Waals surface area contributed by atoms with E-state index in [0.29, 0.717) is 0 Å². The lowest BCUT2D eigenvalue weighted by Crippen LogP contribution is -2.19. The van der Waals surface area contributed by atoms with Crippen LogP contribution in [0.15, 0.2) is 37.3 Å². The van der Waals surface area contributed by atoms with Crippen molar-refractivity contribution in [3.8, 4) is 11.3 Å². The highest BCUT2D eigenvalue weighted by Gasteiger charge is 2.18. The van der Waals surface area contributed by atoms with Crippen molar-refractivity contribution in [2.24, 2.45) is 0 Å². The zero-order chi connectivity index (χ0) is 13.4. The van der Waals surface area contributed by atoms with E-state index in [4.69, 9.17) is 0 Å². The first-order valence-corrected chi connectivity index (χ1v) is 6.76. The third-order valence-electron chi connectivity index (χ3n) is 3.67. The summed E-state index contributed by atoms with van der Waals surface area (Å²) in [5.74, 6) is 0.966. The molecule has 0 radical (unpaired) electrons. The number of fused-ring (bicyclic) bond motifs is 1. The van der Waals surface area contributed by atoms with Gasteiger partial charge in [0.05, 0.1) is 11.9 Å². The highest BCUT2D eigenvalue weighted by molar-refractivity contribution is 5.70. The molecule has 1 fully saturated rings. The van der Waals surface area contributed by atoms with Gasteiger partial charge in [0.15, 0.2) is 11.5 Å². The normalized spacial score (nSPS) is 15.1. The quantitative estimate of drug-likeness (QED) is 0.707. The molecule has 0 atom stereocenters. The molecule has 0 aromatic carbocycles. The molecule has 6 heteroatoms. The average Bonchev–Trinajstić information content (AvgIpc) is 3.17. The molecular weight excluding hydrogens is 252 g/mol. The summed E-state index contributed by atoms with van der Waals surface area (Å²) in [4.78, 5) is 19.5. The number of hydrogen-bond acceptors (Lipinski definition) is 5. The minimum atomic E-state index is 0.897. The van der Waals surface area contributed by atoms with Crippen molar-refractivity contribution in [1.29, 1.82) is 0 Å². The molecule has 0 amide bonds. The van der Waals surface area contributed by atoms with E-state index in [1.54, 1.807) is 12.4 Å². The maximum Gasteiger partial charge on any atom is 0.180 e. The number of imidazole rings is 1. The molecule has 0 bridgehead atoms. The zero-order valence-corrected chi connectivity index (χ0v) is 11.0. The summed E-state index contributed by atoms with van der Waals surface area (Å²) >= 11 is 0. The molecular formula is C14H14N6. The Kier molecular flexibility index (Phi) is 2.58. The second kappa shape index (κ2) is 4.56. The molecule has 0 saturated carbocycles. The van der Waals surface area contributed by atoms with Gasteiger partial charge in [-0.3, -0.25) is 4.40 Å². The van der Waals surface area contributed by atoms with Crippen LogP contribution in [0, 0.1) is 0 Å². The van der Waals surface area contributed by atoms with E-state index in [0.717, 1.165) is 35.8 Å². The molecule has 0 N–H and O–H groups in total. The summed E-state index contributed by atoms with van der Waals surface area (Å²) in [5.41, 5.74) is 2.84. The van der Waals surface area contributed by atoms with Crippen molar-refractivity contribution in [2.45, 2.75) is 12.8 Å². The van der Waals surface area contributed by atoms with E-state index < -0.39 is 0 Å². The lowest BCUT2D eigenvalue weighted by atomic mass is 10.3. The van der Waals surface area contributed by atoms with Crippen LogP contribution in [-0.2, 0) is 0 Å². The van der Waals surface area contributed by atoms with Gasteiger partial charge in [0.1, 0.15) is 6.33 Å². The molecule has 4 rings (SSSR count). The van der Waals surface area contributed by atoms with Gasteiger partial charge in [-0.2, -0.15) is 0 Å². The maximum atomic E-state index is 4.54. The molecule has 100 valence electrons. The van der Waals surface area contributed by atoms with Crippen molar-refractivity contribution in [3.63, 3.8) is 0 Å². The first kappa shape index (κ1) is 11.3. The fourth-order valence-corrected chi connectivity index (χ4v) is 2.70. The summed E-state index contributed by atoms with van der Waals surface area (Å²) in [6.45, 7) is 2.12. The molecule has 4 heterocycles. The lowest BCUT2D eigenvalue weighted by Gasteiger charge is -2.16. The van der Waals surface area contributed by atoms with Crippen LogP contribution in [0.3, 0.4) is 0 Å². The van der Waals surface area contributed by atoms with Gasteiger partial charge in [0.25, 0.3) is 0 Å². The number of rotatable bonds is 2. The van der Waals surface area contributed by atoms with Crippen molar-refractivity contribution in [1.82, 2.24) is 24.3 Å². The molecule has 0 aliphatic carbocycles. The minimum absolute atomic E-state index is 0.897. The Morgan fingerprint density at radius 3 is 2.55 bits per heavy atom. The Hall–Kier alpha value is -2.50. The van der Waals surface area contributed by atoms with E-state index in [-0.39, 0.29) is 0 Å². The van der Waals surface area contributed by atoms with Crippen LogP contribution in [0.4, 0.5) is 5.82 Å². The maximum absolute atomic E-state index is 4.54. The second-order valence-corrected chi connectivity index (χ2v) is 4.91. The van der Waals surface area contributed by atoms with Gasteiger partial charge in [-0.25, -0.2) is 19.9 Å². The standard InChI is InChI=1S/C14H14N6/c1-2-5-19(4-1)13-14-18-9-12(20(14)6-3-17-13)11-7-15-10-16-8-11/h3,6-10H,1-2,4-5H2. The molecule has 3 aromatic rings. The topological polar surface area (TPSA) is 59.2 Å². The highest BCUT2D eigenvalue weighted by atomic mass is 15.2. The molecule has 1 aliphatic rings. The van der Waals surface area contributed by atoms with Crippen LogP contribution in [0.5, 0.6) is 0 Å². The molecule has 0 spiro atoms. The van der Waals surface area contributed by atoms with Gasteiger partial charge in [-0.05, 0) is 12.8 Å².